The van der Waals surface area contributed by atoms with Crippen molar-refractivity contribution in [3.05, 3.63) is 62.8 Å². The molecule has 2 rings (SSSR count). The van der Waals surface area contributed by atoms with Crippen LogP contribution in [0.3, 0.4) is 0 Å². The van der Waals surface area contributed by atoms with Crippen molar-refractivity contribution in [2.24, 2.45) is 5.73 Å². The van der Waals surface area contributed by atoms with E-state index in [1.165, 1.54) is 6.07 Å². The van der Waals surface area contributed by atoms with Crippen LogP contribution in [-0.2, 0) is 6.54 Å². The lowest BCUT2D eigenvalue weighted by Gasteiger charge is -2.12. The standard InChI is InChI=1S/C14H11BrClFN2O/c15-9-5-11(17)13(14(18)20)12(6-9)19-7-8-3-1-2-4-10(8)16/h1-6,19H,7H2,(H2,18,20). The van der Waals surface area contributed by atoms with Crippen LogP contribution in [0.15, 0.2) is 40.9 Å². The maximum absolute atomic E-state index is 13.8. The second-order valence-electron chi connectivity index (χ2n) is 4.12. The first-order valence-electron chi connectivity index (χ1n) is 5.75. The number of nitrogens with two attached hydrogens (primary N) is 1. The zero-order chi connectivity index (χ0) is 14.7. The Balaban J connectivity index is 2.30. The number of rotatable bonds is 4. The Morgan fingerprint density at radius 3 is 2.70 bits per heavy atom. The Morgan fingerprint density at radius 2 is 2.05 bits per heavy atom. The van der Waals surface area contributed by atoms with E-state index in [2.05, 4.69) is 21.2 Å². The Morgan fingerprint density at radius 1 is 1.35 bits per heavy atom. The molecule has 3 nitrogen and oxygen atoms in total. The first-order chi connectivity index (χ1) is 9.49. The Labute approximate surface area is 129 Å². The third-order valence-corrected chi connectivity index (χ3v) is 3.56. The van der Waals surface area contributed by atoms with Crippen molar-refractivity contribution in [3.8, 4) is 0 Å². The molecule has 3 N–H and O–H groups in total. The van der Waals surface area contributed by atoms with Crippen LogP contribution < -0.4 is 11.1 Å². The Hall–Kier alpha value is -1.59. The zero-order valence-electron chi connectivity index (χ0n) is 10.3. The molecule has 0 fully saturated rings. The number of hydrogen-bond donors (Lipinski definition) is 2. The monoisotopic (exact) mass is 356 g/mol. The molecule has 0 saturated carbocycles. The molecular weight excluding hydrogens is 347 g/mol. The number of benzene rings is 2. The summed E-state index contributed by atoms with van der Waals surface area (Å²) in [7, 11) is 0. The largest absolute Gasteiger partial charge is 0.380 e. The van der Waals surface area contributed by atoms with Gasteiger partial charge in [-0.2, -0.15) is 0 Å². The van der Waals surface area contributed by atoms with Gasteiger partial charge in [0.25, 0.3) is 5.91 Å². The van der Waals surface area contributed by atoms with Crippen LogP contribution in [0.2, 0.25) is 5.02 Å². The second kappa shape index (κ2) is 6.24. The van der Waals surface area contributed by atoms with Crippen LogP contribution in [-0.4, -0.2) is 5.91 Å². The highest BCUT2D eigenvalue weighted by atomic mass is 79.9. The topological polar surface area (TPSA) is 55.1 Å². The van der Waals surface area contributed by atoms with Gasteiger partial charge in [0.2, 0.25) is 0 Å². The normalized spacial score (nSPS) is 10.3. The molecule has 0 aliphatic heterocycles. The lowest BCUT2D eigenvalue weighted by atomic mass is 10.1. The molecule has 0 spiro atoms. The number of amides is 1. The predicted octanol–water partition coefficient (Wildman–Crippen LogP) is 3.95. The van der Waals surface area contributed by atoms with Gasteiger partial charge < -0.3 is 11.1 Å². The van der Waals surface area contributed by atoms with Crippen LogP contribution in [0.25, 0.3) is 0 Å². The van der Waals surface area contributed by atoms with Gasteiger partial charge in [0.1, 0.15) is 5.82 Å². The minimum Gasteiger partial charge on any atom is -0.380 e. The molecule has 0 radical (unpaired) electrons. The molecular formula is C14H11BrClFN2O. The summed E-state index contributed by atoms with van der Waals surface area (Å²) in [6.45, 7) is 0.357. The summed E-state index contributed by atoms with van der Waals surface area (Å²) in [5.74, 6) is -1.50. The van der Waals surface area contributed by atoms with Crippen molar-refractivity contribution in [2.75, 3.05) is 5.32 Å². The number of nitrogens with one attached hydrogen (secondary N) is 1. The second-order valence-corrected chi connectivity index (χ2v) is 5.44. The predicted molar refractivity (Wildman–Crippen MR) is 81.4 cm³/mol. The van der Waals surface area contributed by atoms with Crippen LogP contribution >= 0.6 is 27.5 Å². The highest BCUT2D eigenvalue weighted by molar-refractivity contribution is 9.10. The molecule has 0 saturated heterocycles. The van der Waals surface area contributed by atoms with E-state index in [0.29, 0.717) is 21.7 Å². The fourth-order valence-corrected chi connectivity index (χ4v) is 2.43. The molecule has 2 aromatic carbocycles. The molecule has 0 bridgehead atoms. The van der Waals surface area contributed by atoms with E-state index in [-0.39, 0.29) is 5.56 Å². The fourth-order valence-electron chi connectivity index (χ4n) is 1.80. The van der Waals surface area contributed by atoms with Crippen LogP contribution in [0.5, 0.6) is 0 Å². The SMILES string of the molecule is NC(=O)c1c(F)cc(Br)cc1NCc1ccccc1Cl. The van der Waals surface area contributed by atoms with E-state index in [0.717, 1.165) is 5.56 Å². The van der Waals surface area contributed by atoms with Gasteiger partial charge in [-0.1, -0.05) is 45.7 Å². The summed E-state index contributed by atoms with van der Waals surface area (Å²) in [4.78, 5) is 11.3. The smallest absolute Gasteiger partial charge is 0.253 e. The Bertz CT molecular complexity index is 664. The molecule has 20 heavy (non-hydrogen) atoms. The average Bonchev–Trinajstić information content (AvgIpc) is 2.36. The lowest BCUT2D eigenvalue weighted by molar-refractivity contribution is 0.0997. The van der Waals surface area contributed by atoms with Gasteiger partial charge >= 0.3 is 0 Å². The summed E-state index contributed by atoms with van der Waals surface area (Å²) >= 11 is 9.22. The summed E-state index contributed by atoms with van der Waals surface area (Å²) in [5, 5.41) is 3.57. The van der Waals surface area contributed by atoms with Gasteiger partial charge in [0.15, 0.2) is 0 Å². The third-order valence-electron chi connectivity index (χ3n) is 2.73. The van der Waals surface area contributed by atoms with Crippen molar-refractivity contribution < 1.29 is 9.18 Å². The maximum Gasteiger partial charge on any atom is 0.253 e. The van der Waals surface area contributed by atoms with E-state index in [1.54, 1.807) is 12.1 Å². The molecule has 0 aliphatic rings. The number of halogens is 3. The highest BCUT2D eigenvalue weighted by Gasteiger charge is 2.15. The minimum absolute atomic E-state index is 0.166. The zero-order valence-corrected chi connectivity index (χ0v) is 12.6. The minimum atomic E-state index is -0.823. The van der Waals surface area contributed by atoms with E-state index in [1.807, 2.05) is 18.2 Å². The highest BCUT2D eigenvalue weighted by Crippen LogP contribution is 2.26. The number of primary amides is 1. The first kappa shape index (κ1) is 14.8. The molecule has 0 aromatic heterocycles. The molecule has 1 amide bonds. The fraction of sp³-hybridized carbons (Fsp3) is 0.0714. The van der Waals surface area contributed by atoms with Crippen LogP contribution in [0.4, 0.5) is 10.1 Å². The maximum atomic E-state index is 13.8. The number of carbonyl (C=O) groups is 1. The number of carbonyl (C=O) groups excluding carboxylic acids is 1. The van der Waals surface area contributed by atoms with Gasteiger partial charge in [-0.3, -0.25) is 4.79 Å². The van der Waals surface area contributed by atoms with Crippen molar-refractivity contribution in [3.63, 3.8) is 0 Å². The number of anilines is 1. The quantitative estimate of drug-likeness (QED) is 0.870. The van der Waals surface area contributed by atoms with Crippen LogP contribution in [0.1, 0.15) is 15.9 Å². The molecule has 0 unspecified atom stereocenters. The van der Waals surface area contributed by atoms with E-state index in [4.69, 9.17) is 17.3 Å². The van der Waals surface area contributed by atoms with Gasteiger partial charge in [0.05, 0.1) is 11.3 Å². The number of hydrogen-bond acceptors (Lipinski definition) is 2. The summed E-state index contributed by atoms with van der Waals surface area (Å²) in [5.41, 5.74) is 6.20. The molecule has 6 heteroatoms. The average molecular weight is 358 g/mol. The summed E-state index contributed by atoms with van der Waals surface area (Å²) in [6, 6.07) is 10.1. The lowest BCUT2D eigenvalue weighted by Crippen LogP contribution is -2.16. The van der Waals surface area contributed by atoms with E-state index in [9.17, 15) is 9.18 Å². The Kier molecular flexibility index (Phi) is 4.62. The molecule has 0 atom stereocenters. The van der Waals surface area contributed by atoms with Gasteiger partial charge in [-0.25, -0.2) is 4.39 Å². The van der Waals surface area contributed by atoms with E-state index < -0.39 is 11.7 Å². The first-order valence-corrected chi connectivity index (χ1v) is 6.92. The molecule has 2 aromatic rings. The van der Waals surface area contributed by atoms with Crippen molar-refractivity contribution in [1.29, 1.82) is 0 Å². The molecule has 0 heterocycles. The van der Waals surface area contributed by atoms with Crippen LogP contribution in [0, 0.1) is 5.82 Å². The van der Waals surface area contributed by atoms with Crippen molar-refractivity contribution in [2.45, 2.75) is 6.54 Å². The van der Waals surface area contributed by atoms with Gasteiger partial charge in [-0.15, -0.1) is 0 Å². The molecule has 104 valence electrons. The molecule has 0 aliphatic carbocycles. The van der Waals surface area contributed by atoms with Gasteiger partial charge in [-0.05, 0) is 23.8 Å². The third kappa shape index (κ3) is 3.29. The summed E-state index contributed by atoms with van der Waals surface area (Å²) in [6.07, 6.45) is 0. The van der Waals surface area contributed by atoms with Crippen molar-refractivity contribution in [1.82, 2.24) is 0 Å². The van der Waals surface area contributed by atoms with E-state index >= 15 is 0 Å². The summed E-state index contributed by atoms with van der Waals surface area (Å²) < 4.78 is 14.3. The van der Waals surface area contributed by atoms with Crippen molar-refractivity contribution >= 4 is 39.1 Å². The van der Waals surface area contributed by atoms with Gasteiger partial charge in [0, 0.05) is 16.0 Å².